The molecule has 1 aliphatic heterocycles. The molecule has 1 aliphatic rings. The van der Waals surface area contributed by atoms with Gasteiger partial charge in [-0.2, -0.15) is 0 Å². The predicted molar refractivity (Wildman–Crippen MR) is 141 cm³/mol. The van der Waals surface area contributed by atoms with Crippen LogP contribution in [0.15, 0.2) is 75.9 Å². The Labute approximate surface area is 220 Å². The first-order chi connectivity index (χ1) is 18.7. The number of fused-ring (bicyclic) bond motifs is 2. The van der Waals surface area contributed by atoms with E-state index in [2.05, 4.69) is 0 Å². The first-order valence-electron chi connectivity index (χ1n) is 12.1. The van der Waals surface area contributed by atoms with Crippen molar-refractivity contribution in [2.24, 2.45) is 0 Å². The molecule has 0 aliphatic carbocycles. The number of hydrogen-bond acceptors (Lipinski definition) is 9. The standard InChI is InChI=1S/C30H22O9/c31-16-4-1-14(2-5-16)26-13-24(37)29-23(36)12-22(35)28(30(29)39-26)19-9-15(3-7-20(19)33)25-8-6-18-21(34)10-17(32)11-27(18)38-25/h1-5,7,9-13,25,31-36H,6,8H2. The molecule has 4 aromatic carbocycles. The van der Waals surface area contributed by atoms with Crippen LogP contribution in [0.1, 0.15) is 23.7 Å². The van der Waals surface area contributed by atoms with Gasteiger partial charge in [0.1, 0.15) is 57.5 Å². The third kappa shape index (κ3) is 4.10. The summed E-state index contributed by atoms with van der Waals surface area (Å²) in [6.07, 6.45) is 0.446. The molecule has 0 amide bonds. The Morgan fingerprint density at radius 2 is 1.49 bits per heavy atom. The van der Waals surface area contributed by atoms with Crippen LogP contribution in [0.25, 0.3) is 33.4 Å². The van der Waals surface area contributed by atoms with E-state index in [0.29, 0.717) is 35.3 Å². The zero-order valence-corrected chi connectivity index (χ0v) is 20.3. The fourth-order valence-electron chi connectivity index (χ4n) is 4.98. The van der Waals surface area contributed by atoms with Gasteiger partial charge in [0.05, 0.1) is 5.56 Å². The lowest BCUT2D eigenvalue weighted by Crippen LogP contribution is -2.15. The number of phenols is 6. The smallest absolute Gasteiger partial charge is 0.197 e. The number of benzene rings is 4. The van der Waals surface area contributed by atoms with Gasteiger partial charge in [0, 0.05) is 41.0 Å². The highest BCUT2D eigenvalue weighted by atomic mass is 16.5. The van der Waals surface area contributed by atoms with Crippen molar-refractivity contribution < 1.29 is 39.8 Å². The molecule has 39 heavy (non-hydrogen) atoms. The third-order valence-electron chi connectivity index (χ3n) is 6.87. The quantitative estimate of drug-likeness (QED) is 0.180. The molecule has 196 valence electrons. The second-order valence-electron chi connectivity index (χ2n) is 9.38. The monoisotopic (exact) mass is 526 g/mol. The molecule has 9 nitrogen and oxygen atoms in total. The van der Waals surface area contributed by atoms with E-state index >= 15 is 0 Å². The van der Waals surface area contributed by atoms with Crippen LogP contribution >= 0.6 is 0 Å². The topological polar surface area (TPSA) is 161 Å². The van der Waals surface area contributed by atoms with Crippen molar-refractivity contribution in [3.8, 4) is 62.7 Å². The Kier molecular flexibility index (Phi) is 5.50. The Balaban J connectivity index is 1.51. The van der Waals surface area contributed by atoms with Crippen molar-refractivity contribution in [1.82, 2.24) is 0 Å². The molecule has 0 bridgehead atoms. The molecule has 6 rings (SSSR count). The van der Waals surface area contributed by atoms with E-state index in [0.717, 1.165) is 6.07 Å². The molecule has 1 atom stereocenters. The van der Waals surface area contributed by atoms with Crippen LogP contribution in [-0.2, 0) is 6.42 Å². The van der Waals surface area contributed by atoms with Crippen molar-refractivity contribution in [1.29, 1.82) is 0 Å². The zero-order valence-electron chi connectivity index (χ0n) is 20.3. The molecule has 1 aromatic heterocycles. The molecule has 6 N–H and O–H groups in total. The molecule has 0 radical (unpaired) electrons. The Morgan fingerprint density at radius 3 is 2.26 bits per heavy atom. The highest BCUT2D eigenvalue weighted by Crippen LogP contribution is 2.47. The van der Waals surface area contributed by atoms with Gasteiger partial charge in [-0.25, -0.2) is 0 Å². The van der Waals surface area contributed by atoms with Gasteiger partial charge >= 0.3 is 0 Å². The average Bonchev–Trinajstić information content (AvgIpc) is 2.89. The maximum absolute atomic E-state index is 13.1. The molecule has 0 spiro atoms. The van der Waals surface area contributed by atoms with E-state index in [1.54, 1.807) is 24.3 Å². The van der Waals surface area contributed by atoms with Crippen LogP contribution in [0.3, 0.4) is 0 Å². The molecule has 0 saturated carbocycles. The van der Waals surface area contributed by atoms with E-state index < -0.39 is 23.0 Å². The van der Waals surface area contributed by atoms with E-state index in [9.17, 15) is 35.4 Å². The number of hydrogen-bond donors (Lipinski definition) is 6. The van der Waals surface area contributed by atoms with Crippen LogP contribution in [0.4, 0.5) is 0 Å². The lowest BCUT2D eigenvalue weighted by Gasteiger charge is -2.27. The van der Waals surface area contributed by atoms with Crippen molar-refractivity contribution in [2.75, 3.05) is 0 Å². The van der Waals surface area contributed by atoms with Crippen molar-refractivity contribution in [3.05, 3.63) is 88.1 Å². The van der Waals surface area contributed by atoms with Gasteiger partial charge in [0.25, 0.3) is 0 Å². The molecule has 0 fully saturated rings. The fourth-order valence-corrected chi connectivity index (χ4v) is 4.98. The summed E-state index contributed by atoms with van der Waals surface area (Å²) in [4.78, 5) is 13.1. The number of phenolic OH excluding ortho intramolecular Hbond substituents is 6. The molecule has 5 aromatic rings. The van der Waals surface area contributed by atoms with Gasteiger partial charge in [0.15, 0.2) is 11.0 Å². The summed E-state index contributed by atoms with van der Waals surface area (Å²) in [5.74, 6) is -0.846. The Bertz CT molecular complexity index is 1820. The second-order valence-corrected chi connectivity index (χ2v) is 9.38. The van der Waals surface area contributed by atoms with Crippen molar-refractivity contribution in [2.45, 2.75) is 18.9 Å². The van der Waals surface area contributed by atoms with E-state index in [1.807, 2.05) is 0 Å². The number of ether oxygens (including phenoxy) is 1. The minimum Gasteiger partial charge on any atom is -0.508 e. The molecular formula is C30H22O9. The molecule has 2 heterocycles. The van der Waals surface area contributed by atoms with Gasteiger partial charge in [-0.1, -0.05) is 6.07 Å². The normalized spacial score (nSPS) is 14.6. The van der Waals surface area contributed by atoms with Crippen LogP contribution < -0.4 is 10.2 Å². The summed E-state index contributed by atoms with van der Waals surface area (Å²) >= 11 is 0. The van der Waals surface area contributed by atoms with Gasteiger partial charge in [-0.15, -0.1) is 0 Å². The van der Waals surface area contributed by atoms with Crippen LogP contribution in [-0.4, -0.2) is 30.6 Å². The number of aromatic hydroxyl groups is 6. The maximum atomic E-state index is 13.1. The van der Waals surface area contributed by atoms with Crippen LogP contribution in [0, 0.1) is 0 Å². The Hall–Kier alpha value is -5.31. The summed E-state index contributed by atoms with van der Waals surface area (Å²) in [6.45, 7) is 0. The third-order valence-corrected chi connectivity index (χ3v) is 6.87. The van der Waals surface area contributed by atoms with Gasteiger partial charge in [-0.3, -0.25) is 4.79 Å². The van der Waals surface area contributed by atoms with Gasteiger partial charge < -0.3 is 39.8 Å². The highest BCUT2D eigenvalue weighted by Gasteiger charge is 2.27. The van der Waals surface area contributed by atoms with E-state index in [4.69, 9.17) is 9.15 Å². The SMILES string of the molecule is O=c1cc(-c2ccc(O)cc2)oc2c(-c3cc(C4CCc5c(O)cc(O)cc5O4)ccc3O)c(O)cc(O)c12. The summed E-state index contributed by atoms with van der Waals surface area (Å²) in [5, 5.41) is 61.7. The first kappa shape index (κ1) is 24.1. The zero-order chi connectivity index (χ0) is 27.4. The lowest BCUT2D eigenvalue weighted by molar-refractivity contribution is 0.174. The first-order valence-corrected chi connectivity index (χ1v) is 12.1. The van der Waals surface area contributed by atoms with Crippen molar-refractivity contribution in [3.63, 3.8) is 0 Å². The Morgan fingerprint density at radius 1 is 0.718 bits per heavy atom. The van der Waals surface area contributed by atoms with Gasteiger partial charge in [0.2, 0.25) is 0 Å². The largest absolute Gasteiger partial charge is 0.508 e. The van der Waals surface area contributed by atoms with E-state index in [1.165, 1.54) is 36.4 Å². The van der Waals surface area contributed by atoms with Crippen LogP contribution in [0.5, 0.6) is 40.2 Å². The molecule has 1 unspecified atom stereocenters. The number of rotatable bonds is 3. The second kappa shape index (κ2) is 8.91. The molecule has 0 saturated heterocycles. The molecular weight excluding hydrogens is 504 g/mol. The summed E-state index contributed by atoms with van der Waals surface area (Å²) in [7, 11) is 0. The van der Waals surface area contributed by atoms with Crippen molar-refractivity contribution >= 4 is 11.0 Å². The van der Waals surface area contributed by atoms with E-state index in [-0.39, 0.29) is 50.9 Å². The summed E-state index contributed by atoms with van der Waals surface area (Å²) in [5.41, 5.74) is 1.09. The predicted octanol–water partition coefficient (Wildman–Crippen LogP) is 5.43. The summed E-state index contributed by atoms with van der Waals surface area (Å²) in [6, 6.07) is 15.5. The van der Waals surface area contributed by atoms with Gasteiger partial charge in [-0.05, 0) is 54.8 Å². The lowest BCUT2D eigenvalue weighted by atomic mass is 9.93. The summed E-state index contributed by atoms with van der Waals surface area (Å²) < 4.78 is 12.1. The fraction of sp³-hybridized carbons (Fsp3) is 0.100. The highest BCUT2D eigenvalue weighted by molar-refractivity contribution is 6.00. The average molecular weight is 526 g/mol. The van der Waals surface area contributed by atoms with Crippen LogP contribution in [0.2, 0.25) is 0 Å². The maximum Gasteiger partial charge on any atom is 0.197 e. The minimum absolute atomic E-state index is 0.00798. The molecule has 9 heteroatoms. The minimum atomic E-state index is -0.569.